The third kappa shape index (κ3) is 2.71. The maximum Gasteiger partial charge on any atom is 0.321 e. The first kappa shape index (κ1) is 12.2. The lowest BCUT2D eigenvalue weighted by Gasteiger charge is -2.06. The first-order valence-electron chi connectivity index (χ1n) is 5.53. The second-order valence-corrected chi connectivity index (χ2v) is 3.51. The minimum atomic E-state index is -0.299. The lowest BCUT2D eigenvalue weighted by Crippen LogP contribution is -2.06. The molecular weight excluding hydrogens is 235 g/mol. The molecule has 0 spiro atoms. The van der Waals surface area contributed by atoms with Crippen molar-refractivity contribution in [1.29, 1.82) is 0 Å². The van der Waals surface area contributed by atoms with Crippen LogP contribution in [0.1, 0.15) is 6.92 Å². The Morgan fingerprint density at radius 2 is 1.89 bits per heavy atom. The van der Waals surface area contributed by atoms with Crippen molar-refractivity contribution in [3.05, 3.63) is 30.1 Å². The minimum absolute atomic E-state index is 0.222. The molecule has 1 aromatic heterocycles. The zero-order valence-corrected chi connectivity index (χ0v) is 10.1. The van der Waals surface area contributed by atoms with Crippen LogP contribution in [0.4, 0.5) is 10.3 Å². The van der Waals surface area contributed by atoms with Gasteiger partial charge in [0.15, 0.2) is 5.82 Å². The SMILES string of the molecule is CCNc1nc(OC)nc(-c2ccc(F)cc2)n1. The molecule has 1 aromatic carbocycles. The summed E-state index contributed by atoms with van der Waals surface area (Å²) < 4.78 is 17.9. The summed E-state index contributed by atoms with van der Waals surface area (Å²) in [5, 5.41) is 2.99. The molecule has 2 aromatic rings. The number of nitrogens with zero attached hydrogens (tertiary/aromatic N) is 3. The van der Waals surface area contributed by atoms with Crippen LogP contribution in [0, 0.1) is 5.82 Å². The molecule has 0 radical (unpaired) electrons. The number of rotatable bonds is 4. The van der Waals surface area contributed by atoms with Crippen LogP contribution < -0.4 is 10.1 Å². The molecule has 0 atom stereocenters. The number of benzene rings is 1. The number of hydrogen-bond donors (Lipinski definition) is 1. The molecule has 0 aliphatic carbocycles. The number of aromatic nitrogens is 3. The third-order valence-corrected chi connectivity index (χ3v) is 2.23. The molecular formula is C12H13FN4O. The molecule has 0 amide bonds. The molecule has 0 aliphatic rings. The fourth-order valence-corrected chi connectivity index (χ4v) is 1.41. The van der Waals surface area contributed by atoms with Crippen molar-refractivity contribution in [3.8, 4) is 17.4 Å². The molecule has 94 valence electrons. The summed E-state index contributed by atoms with van der Waals surface area (Å²) in [6, 6.07) is 6.16. The quantitative estimate of drug-likeness (QED) is 0.898. The summed E-state index contributed by atoms with van der Waals surface area (Å²) in [4.78, 5) is 12.4. The summed E-state index contributed by atoms with van der Waals surface area (Å²) >= 11 is 0. The molecule has 0 saturated heterocycles. The van der Waals surface area contributed by atoms with Crippen molar-refractivity contribution >= 4 is 5.95 Å². The molecule has 0 unspecified atom stereocenters. The Labute approximate surface area is 104 Å². The van der Waals surface area contributed by atoms with Crippen molar-refractivity contribution in [2.24, 2.45) is 0 Å². The van der Waals surface area contributed by atoms with Crippen LogP contribution in [0.3, 0.4) is 0 Å². The van der Waals surface area contributed by atoms with Gasteiger partial charge in [-0.15, -0.1) is 0 Å². The second kappa shape index (κ2) is 5.39. The van der Waals surface area contributed by atoms with Crippen molar-refractivity contribution < 1.29 is 9.13 Å². The Balaban J connectivity index is 2.42. The van der Waals surface area contributed by atoms with E-state index in [4.69, 9.17) is 4.74 Å². The second-order valence-electron chi connectivity index (χ2n) is 3.51. The van der Waals surface area contributed by atoms with E-state index in [1.165, 1.54) is 19.2 Å². The van der Waals surface area contributed by atoms with Crippen molar-refractivity contribution in [2.75, 3.05) is 19.0 Å². The monoisotopic (exact) mass is 248 g/mol. The van der Waals surface area contributed by atoms with E-state index in [0.29, 0.717) is 23.9 Å². The molecule has 2 rings (SSSR count). The number of ether oxygens (including phenoxy) is 1. The van der Waals surface area contributed by atoms with Gasteiger partial charge >= 0.3 is 6.01 Å². The van der Waals surface area contributed by atoms with Crippen molar-refractivity contribution in [2.45, 2.75) is 6.92 Å². The average Bonchev–Trinajstić information content (AvgIpc) is 2.39. The molecule has 0 fully saturated rings. The first-order chi connectivity index (χ1) is 8.72. The first-order valence-corrected chi connectivity index (χ1v) is 5.53. The Morgan fingerprint density at radius 3 is 2.50 bits per heavy atom. The molecule has 1 N–H and O–H groups in total. The van der Waals surface area contributed by atoms with Gasteiger partial charge in [0.25, 0.3) is 0 Å². The van der Waals surface area contributed by atoms with Gasteiger partial charge in [0.2, 0.25) is 5.95 Å². The Hall–Kier alpha value is -2.24. The molecule has 0 bridgehead atoms. The standard InChI is InChI=1S/C12H13FN4O/c1-3-14-11-15-10(16-12(17-11)18-2)8-4-6-9(13)7-5-8/h4-7H,3H2,1-2H3,(H,14,15,16,17). The van der Waals surface area contributed by atoms with Gasteiger partial charge in [0.1, 0.15) is 5.82 Å². The van der Waals surface area contributed by atoms with Crippen LogP contribution in [-0.4, -0.2) is 28.6 Å². The summed E-state index contributed by atoms with van der Waals surface area (Å²) in [6.07, 6.45) is 0. The molecule has 18 heavy (non-hydrogen) atoms. The van der Waals surface area contributed by atoms with E-state index in [9.17, 15) is 4.39 Å². The Morgan fingerprint density at radius 1 is 1.17 bits per heavy atom. The fourth-order valence-electron chi connectivity index (χ4n) is 1.41. The predicted octanol–water partition coefficient (Wildman–Crippen LogP) is 2.12. The topological polar surface area (TPSA) is 59.9 Å². The van der Waals surface area contributed by atoms with Crippen LogP contribution in [0.15, 0.2) is 24.3 Å². The molecule has 5 nitrogen and oxygen atoms in total. The van der Waals surface area contributed by atoms with E-state index in [0.717, 1.165) is 0 Å². The smallest absolute Gasteiger partial charge is 0.321 e. The minimum Gasteiger partial charge on any atom is -0.467 e. The zero-order valence-electron chi connectivity index (χ0n) is 10.1. The van der Waals surface area contributed by atoms with E-state index in [2.05, 4.69) is 20.3 Å². The lowest BCUT2D eigenvalue weighted by atomic mass is 10.2. The van der Waals surface area contributed by atoms with Crippen molar-refractivity contribution in [3.63, 3.8) is 0 Å². The number of methoxy groups -OCH3 is 1. The van der Waals surface area contributed by atoms with Gasteiger partial charge < -0.3 is 10.1 Å². The zero-order chi connectivity index (χ0) is 13.0. The van der Waals surface area contributed by atoms with Gasteiger partial charge in [-0.1, -0.05) is 0 Å². The van der Waals surface area contributed by atoms with E-state index in [1.807, 2.05) is 6.92 Å². The average molecular weight is 248 g/mol. The highest BCUT2D eigenvalue weighted by atomic mass is 19.1. The normalized spacial score (nSPS) is 10.2. The van der Waals surface area contributed by atoms with Crippen LogP contribution in [0.2, 0.25) is 0 Å². The highest BCUT2D eigenvalue weighted by Crippen LogP contribution is 2.18. The Kier molecular flexibility index (Phi) is 3.66. The highest BCUT2D eigenvalue weighted by molar-refractivity contribution is 5.56. The molecule has 1 heterocycles. The van der Waals surface area contributed by atoms with Crippen LogP contribution in [0.5, 0.6) is 6.01 Å². The molecule has 0 saturated carbocycles. The number of nitrogens with one attached hydrogen (secondary N) is 1. The highest BCUT2D eigenvalue weighted by Gasteiger charge is 2.08. The number of halogens is 1. The van der Waals surface area contributed by atoms with E-state index in [1.54, 1.807) is 12.1 Å². The van der Waals surface area contributed by atoms with Gasteiger partial charge in [-0.3, -0.25) is 0 Å². The van der Waals surface area contributed by atoms with E-state index < -0.39 is 0 Å². The van der Waals surface area contributed by atoms with E-state index in [-0.39, 0.29) is 11.8 Å². The van der Waals surface area contributed by atoms with Gasteiger partial charge in [-0.2, -0.15) is 15.0 Å². The molecule has 6 heteroatoms. The lowest BCUT2D eigenvalue weighted by molar-refractivity contribution is 0.379. The maximum absolute atomic E-state index is 12.9. The third-order valence-electron chi connectivity index (χ3n) is 2.23. The van der Waals surface area contributed by atoms with E-state index >= 15 is 0 Å². The van der Waals surface area contributed by atoms with Gasteiger partial charge in [0, 0.05) is 12.1 Å². The fraction of sp³-hybridized carbons (Fsp3) is 0.250. The molecule has 0 aliphatic heterocycles. The summed E-state index contributed by atoms with van der Waals surface area (Å²) in [6.45, 7) is 2.63. The predicted molar refractivity (Wildman–Crippen MR) is 65.9 cm³/mol. The number of hydrogen-bond acceptors (Lipinski definition) is 5. The Bertz CT molecular complexity index is 530. The van der Waals surface area contributed by atoms with Gasteiger partial charge in [-0.05, 0) is 31.2 Å². The van der Waals surface area contributed by atoms with Crippen LogP contribution in [-0.2, 0) is 0 Å². The largest absolute Gasteiger partial charge is 0.467 e. The van der Waals surface area contributed by atoms with Gasteiger partial charge in [0.05, 0.1) is 7.11 Å². The van der Waals surface area contributed by atoms with Gasteiger partial charge in [-0.25, -0.2) is 4.39 Å². The maximum atomic E-state index is 12.9. The summed E-state index contributed by atoms with van der Waals surface area (Å²) in [5.41, 5.74) is 0.705. The van der Waals surface area contributed by atoms with Crippen LogP contribution >= 0.6 is 0 Å². The number of anilines is 1. The summed E-state index contributed by atoms with van der Waals surface area (Å²) in [7, 11) is 1.49. The summed E-state index contributed by atoms with van der Waals surface area (Å²) in [5.74, 6) is 0.577. The van der Waals surface area contributed by atoms with Crippen LogP contribution in [0.25, 0.3) is 11.4 Å². The van der Waals surface area contributed by atoms with Crippen molar-refractivity contribution in [1.82, 2.24) is 15.0 Å².